The second kappa shape index (κ2) is 5.65. The van der Waals surface area contributed by atoms with Crippen LogP contribution in [0.5, 0.6) is 5.75 Å². The van der Waals surface area contributed by atoms with Crippen molar-refractivity contribution in [1.29, 1.82) is 0 Å². The van der Waals surface area contributed by atoms with E-state index in [1.165, 1.54) is 7.11 Å². The van der Waals surface area contributed by atoms with Crippen LogP contribution in [-0.4, -0.2) is 19.3 Å². The summed E-state index contributed by atoms with van der Waals surface area (Å²) < 4.78 is 24.9. The molecule has 0 spiro atoms. The van der Waals surface area contributed by atoms with Gasteiger partial charge >= 0.3 is 0 Å². The SMILES string of the molecule is COc1cccc(C(NN)C2CCC(C)O2)c1F. The summed E-state index contributed by atoms with van der Waals surface area (Å²) in [5, 5.41) is 0. The highest BCUT2D eigenvalue weighted by atomic mass is 19.1. The number of methoxy groups -OCH3 is 1. The van der Waals surface area contributed by atoms with Crippen LogP contribution in [0.1, 0.15) is 31.4 Å². The van der Waals surface area contributed by atoms with Crippen LogP contribution < -0.4 is 16.0 Å². The molecule has 100 valence electrons. The molecule has 1 fully saturated rings. The van der Waals surface area contributed by atoms with Gasteiger partial charge in [0.25, 0.3) is 0 Å². The zero-order valence-corrected chi connectivity index (χ0v) is 10.7. The zero-order chi connectivity index (χ0) is 13.1. The molecule has 1 aliphatic rings. The third kappa shape index (κ3) is 2.48. The molecule has 0 aromatic heterocycles. The molecule has 1 aromatic carbocycles. The summed E-state index contributed by atoms with van der Waals surface area (Å²) in [6.45, 7) is 2.01. The normalized spacial score (nSPS) is 25.1. The molecule has 0 bridgehead atoms. The van der Waals surface area contributed by atoms with E-state index in [0.717, 1.165) is 12.8 Å². The molecule has 18 heavy (non-hydrogen) atoms. The fourth-order valence-corrected chi connectivity index (χ4v) is 2.40. The van der Waals surface area contributed by atoms with Crippen LogP contribution in [0.25, 0.3) is 0 Å². The van der Waals surface area contributed by atoms with Gasteiger partial charge in [-0.05, 0) is 25.8 Å². The van der Waals surface area contributed by atoms with Crippen molar-refractivity contribution in [3.63, 3.8) is 0 Å². The first-order chi connectivity index (χ1) is 8.67. The molecule has 1 heterocycles. The third-order valence-electron chi connectivity index (χ3n) is 3.36. The molecule has 1 saturated heterocycles. The molecule has 5 heteroatoms. The molecular formula is C13H19FN2O2. The third-order valence-corrected chi connectivity index (χ3v) is 3.36. The van der Waals surface area contributed by atoms with Gasteiger partial charge in [0, 0.05) is 5.56 Å². The van der Waals surface area contributed by atoms with Gasteiger partial charge in [0.2, 0.25) is 0 Å². The van der Waals surface area contributed by atoms with Crippen molar-refractivity contribution in [2.24, 2.45) is 5.84 Å². The van der Waals surface area contributed by atoms with Gasteiger partial charge in [0.15, 0.2) is 11.6 Å². The Morgan fingerprint density at radius 2 is 2.28 bits per heavy atom. The summed E-state index contributed by atoms with van der Waals surface area (Å²) in [5.74, 6) is 5.39. The number of hydrogen-bond donors (Lipinski definition) is 2. The molecule has 3 unspecified atom stereocenters. The molecule has 0 saturated carbocycles. The molecule has 1 aliphatic heterocycles. The Morgan fingerprint density at radius 1 is 1.50 bits per heavy atom. The lowest BCUT2D eigenvalue weighted by Gasteiger charge is -2.24. The fraction of sp³-hybridized carbons (Fsp3) is 0.538. The maximum atomic E-state index is 14.2. The highest BCUT2D eigenvalue weighted by Gasteiger charge is 2.32. The van der Waals surface area contributed by atoms with Crippen molar-refractivity contribution in [2.45, 2.75) is 38.0 Å². The van der Waals surface area contributed by atoms with E-state index in [0.29, 0.717) is 5.56 Å². The van der Waals surface area contributed by atoms with Crippen LogP contribution in [0.4, 0.5) is 4.39 Å². The van der Waals surface area contributed by atoms with Gasteiger partial charge in [0.05, 0.1) is 25.4 Å². The van der Waals surface area contributed by atoms with Gasteiger partial charge in [-0.25, -0.2) is 4.39 Å². The first-order valence-electron chi connectivity index (χ1n) is 6.11. The van der Waals surface area contributed by atoms with Gasteiger partial charge in [0.1, 0.15) is 0 Å². The van der Waals surface area contributed by atoms with E-state index < -0.39 is 0 Å². The Morgan fingerprint density at radius 3 is 2.83 bits per heavy atom. The van der Waals surface area contributed by atoms with E-state index in [1.54, 1.807) is 18.2 Å². The summed E-state index contributed by atoms with van der Waals surface area (Å²) in [4.78, 5) is 0. The fourth-order valence-electron chi connectivity index (χ4n) is 2.40. The van der Waals surface area contributed by atoms with Gasteiger partial charge < -0.3 is 9.47 Å². The van der Waals surface area contributed by atoms with E-state index in [-0.39, 0.29) is 29.8 Å². The molecule has 1 aromatic rings. The average Bonchev–Trinajstić information content (AvgIpc) is 2.79. The quantitative estimate of drug-likeness (QED) is 0.636. The maximum Gasteiger partial charge on any atom is 0.169 e. The Kier molecular flexibility index (Phi) is 4.16. The lowest BCUT2D eigenvalue weighted by atomic mass is 9.99. The van der Waals surface area contributed by atoms with Gasteiger partial charge in [-0.2, -0.15) is 0 Å². The van der Waals surface area contributed by atoms with E-state index in [9.17, 15) is 4.39 Å². The van der Waals surface area contributed by atoms with E-state index in [4.69, 9.17) is 15.3 Å². The summed E-state index contributed by atoms with van der Waals surface area (Å²) in [7, 11) is 1.45. The Labute approximate surface area is 106 Å². The van der Waals surface area contributed by atoms with Crippen molar-refractivity contribution < 1.29 is 13.9 Å². The second-order valence-electron chi connectivity index (χ2n) is 4.57. The zero-order valence-electron chi connectivity index (χ0n) is 10.7. The van der Waals surface area contributed by atoms with E-state index >= 15 is 0 Å². The molecular weight excluding hydrogens is 235 g/mol. The van der Waals surface area contributed by atoms with Gasteiger partial charge in [-0.15, -0.1) is 0 Å². The summed E-state index contributed by atoms with van der Waals surface area (Å²) in [6.07, 6.45) is 1.92. The van der Waals surface area contributed by atoms with Crippen LogP contribution in [-0.2, 0) is 4.74 Å². The van der Waals surface area contributed by atoms with E-state index in [1.807, 2.05) is 6.92 Å². The smallest absolute Gasteiger partial charge is 0.169 e. The van der Waals surface area contributed by atoms with Gasteiger partial charge in [-0.1, -0.05) is 12.1 Å². The Bertz CT molecular complexity index is 414. The number of rotatable bonds is 4. The number of benzene rings is 1. The van der Waals surface area contributed by atoms with Gasteiger partial charge in [-0.3, -0.25) is 11.3 Å². The van der Waals surface area contributed by atoms with Crippen molar-refractivity contribution in [3.8, 4) is 5.75 Å². The average molecular weight is 254 g/mol. The van der Waals surface area contributed by atoms with Crippen molar-refractivity contribution in [2.75, 3.05) is 7.11 Å². The van der Waals surface area contributed by atoms with Crippen LogP contribution in [0.2, 0.25) is 0 Å². The molecule has 4 nitrogen and oxygen atoms in total. The minimum absolute atomic E-state index is 0.105. The molecule has 0 amide bonds. The molecule has 0 radical (unpaired) electrons. The van der Waals surface area contributed by atoms with Crippen molar-refractivity contribution in [3.05, 3.63) is 29.6 Å². The minimum Gasteiger partial charge on any atom is -0.494 e. The lowest BCUT2D eigenvalue weighted by Crippen LogP contribution is -2.37. The van der Waals surface area contributed by atoms with E-state index in [2.05, 4.69) is 5.43 Å². The summed E-state index contributed by atoms with van der Waals surface area (Å²) >= 11 is 0. The summed E-state index contributed by atoms with van der Waals surface area (Å²) in [6, 6.07) is 4.68. The Balaban J connectivity index is 2.27. The first kappa shape index (κ1) is 13.3. The number of nitrogens with one attached hydrogen (secondary N) is 1. The highest BCUT2D eigenvalue weighted by Crippen LogP contribution is 2.33. The molecule has 0 aliphatic carbocycles. The van der Waals surface area contributed by atoms with Crippen molar-refractivity contribution in [1.82, 2.24) is 5.43 Å². The predicted molar refractivity (Wildman–Crippen MR) is 66.6 cm³/mol. The molecule has 3 N–H and O–H groups in total. The number of halogens is 1. The monoisotopic (exact) mass is 254 g/mol. The van der Waals surface area contributed by atoms with Crippen LogP contribution in [0.15, 0.2) is 18.2 Å². The highest BCUT2D eigenvalue weighted by molar-refractivity contribution is 5.33. The summed E-state index contributed by atoms with van der Waals surface area (Å²) in [5.41, 5.74) is 3.13. The van der Waals surface area contributed by atoms with Crippen LogP contribution >= 0.6 is 0 Å². The predicted octanol–water partition coefficient (Wildman–Crippen LogP) is 1.91. The number of hydrazine groups is 1. The minimum atomic E-state index is -0.383. The topological polar surface area (TPSA) is 56.5 Å². The van der Waals surface area contributed by atoms with Crippen molar-refractivity contribution >= 4 is 0 Å². The number of ether oxygens (including phenoxy) is 2. The first-order valence-corrected chi connectivity index (χ1v) is 6.11. The number of nitrogens with two attached hydrogens (primary N) is 1. The van der Waals surface area contributed by atoms with Crippen LogP contribution in [0, 0.1) is 5.82 Å². The largest absolute Gasteiger partial charge is 0.494 e. The Hall–Kier alpha value is -1.17. The standard InChI is InChI=1S/C13H19FN2O2/c1-8-6-7-11(18-8)13(16-15)9-4-3-5-10(17-2)12(9)14/h3-5,8,11,13,16H,6-7,15H2,1-2H3. The maximum absolute atomic E-state index is 14.2. The molecule has 3 atom stereocenters. The lowest BCUT2D eigenvalue weighted by molar-refractivity contribution is 0.0307. The van der Waals surface area contributed by atoms with Crippen LogP contribution in [0.3, 0.4) is 0 Å². The number of hydrogen-bond acceptors (Lipinski definition) is 4. The second-order valence-corrected chi connectivity index (χ2v) is 4.57. The molecule has 2 rings (SSSR count).